The van der Waals surface area contributed by atoms with Crippen molar-refractivity contribution in [3.8, 4) is 5.75 Å². The third-order valence-electron chi connectivity index (χ3n) is 3.24. The van der Waals surface area contributed by atoms with Crippen molar-refractivity contribution in [2.24, 2.45) is 0 Å². The maximum Gasteiger partial charge on any atom is 0.119 e. The number of benzene rings is 1. The van der Waals surface area contributed by atoms with Crippen molar-refractivity contribution in [1.82, 2.24) is 14.9 Å². The molecule has 0 amide bonds. The van der Waals surface area contributed by atoms with Crippen LogP contribution in [0.4, 0.5) is 0 Å². The first-order chi connectivity index (χ1) is 10.4. The highest BCUT2D eigenvalue weighted by molar-refractivity contribution is 5.20. The van der Waals surface area contributed by atoms with Crippen LogP contribution < -0.4 is 10.1 Å². The van der Waals surface area contributed by atoms with Gasteiger partial charge < -0.3 is 14.6 Å². The van der Waals surface area contributed by atoms with E-state index in [1.54, 1.807) is 0 Å². The summed E-state index contributed by atoms with van der Waals surface area (Å²) in [6.45, 7) is 5.94. The van der Waals surface area contributed by atoms with Gasteiger partial charge in [-0.15, -0.1) is 0 Å². The van der Waals surface area contributed by atoms with Crippen LogP contribution in [-0.4, -0.2) is 29.2 Å². The molecule has 0 bridgehead atoms. The highest BCUT2D eigenvalue weighted by Gasteiger charge is 1.99. The first-order valence-corrected chi connectivity index (χ1v) is 7.77. The van der Waals surface area contributed by atoms with E-state index in [-0.39, 0.29) is 0 Å². The minimum atomic E-state index is 0.732. The highest BCUT2D eigenvalue weighted by atomic mass is 16.5. The van der Waals surface area contributed by atoms with Crippen molar-refractivity contribution in [3.05, 3.63) is 48.5 Å². The second kappa shape index (κ2) is 9.19. The molecular formula is C17H25N3O. The molecule has 0 fully saturated rings. The van der Waals surface area contributed by atoms with Gasteiger partial charge in [-0.25, -0.2) is 4.98 Å². The molecule has 1 N–H and O–H groups in total. The molecule has 0 saturated carbocycles. The number of rotatable bonds is 10. The summed E-state index contributed by atoms with van der Waals surface area (Å²) in [5, 5.41) is 3.39. The molecule has 0 aliphatic carbocycles. The number of imidazole rings is 1. The Morgan fingerprint density at radius 2 is 2.05 bits per heavy atom. The monoisotopic (exact) mass is 287 g/mol. The van der Waals surface area contributed by atoms with Crippen LogP contribution in [0.25, 0.3) is 0 Å². The fourth-order valence-electron chi connectivity index (χ4n) is 2.13. The van der Waals surface area contributed by atoms with Crippen LogP contribution in [0.2, 0.25) is 0 Å². The van der Waals surface area contributed by atoms with Crippen molar-refractivity contribution in [2.75, 3.05) is 19.7 Å². The maximum atomic E-state index is 5.68. The minimum Gasteiger partial charge on any atom is -0.494 e. The topological polar surface area (TPSA) is 39.1 Å². The van der Waals surface area contributed by atoms with Gasteiger partial charge in [-0.3, -0.25) is 0 Å². The first-order valence-electron chi connectivity index (χ1n) is 7.77. The van der Waals surface area contributed by atoms with Gasteiger partial charge in [0.2, 0.25) is 0 Å². The van der Waals surface area contributed by atoms with E-state index in [4.69, 9.17) is 4.74 Å². The lowest BCUT2D eigenvalue weighted by atomic mass is 10.3. The van der Waals surface area contributed by atoms with Gasteiger partial charge in [-0.05, 0) is 31.5 Å². The molecule has 0 aliphatic heterocycles. The van der Waals surface area contributed by atoms with Crippen molar-refractivity contribution >= 4 is 0 Å². The fraction of sp³-hybridized carbons (Fsp3) is 0.471. The summed E-state index contributed by atoms with van der Waals surface area (Å²) in [7, 11) is 0. The molecular weight excluding hydrogens is 262 g/mol. The van der Waals surface area contributed by atoms with Crippen molar-refractivity contribution in [1.29, 1.82) is 0 Å². The van der Waals surface area contributed by atoms with Crippen LogP contribution in [0.15, 0.2) is 42.9 Å². The summed E-state index contributed by atoms with van der Waals surface area (Å²) in [6.07, 6.45) is 7.20. The number of hydrogen-bond donors (Lipinski definition) is 1. The second-order valence-corrected chi connectivity index (χ2v) is 5.12. The van der Waals surface area contributed by atoms with Crippen molar-refractivity contribution in [2.45, 2.75) is 32.7 Å². The van der Waals surface area contributed by atoms with Gasteiger partial charge >= 0.3 is 0 Å². The standard InChI is InChI=1S/C17H25N3O/c1-2-10-18-11-9-16-14-20(15-19-16)12-6-13-21-17-7-4-3-5-8-17/h3-5,7-8,14-15,18H,2,6,9-13H2,1H3. The third kappa shape index (κ3) is 6.00. The van der Waals surface area contributed by atoms with Gasteiger partial charge in [-0.1, -0.05) is 25.1 Å². The van der Waals surface area contributed by atoms with E-state index >= 15 is 0 Å². The molecule has 0 unspecified atom stereocenters. The van der Waals surface area contributed by atoms with Crippen LogP contribution in [0.3, 0.4) is 0 Å². The van der Waals surface area contributed by atoms with Gasteiger partial charge in [-0.2, -0.15) is 0 Å². The SMILES string of the molecule is CCCNCCc1cn(CCCOc2ccccc2)cn1. The largest absolute Gasteiger partial charge is 0.494 e. The molecule has 0 radical (unpaired) electrons. The molecule has 0 saturated heterocycles. The van der Waals surface area contributed by atoms with Crippen molar-refractivity contribution < 1.29 is 4.74 Å². The fourth-order valence-corrected chi connectivity index (χ4v) is 2.13. The molecule has 0 spiro atoms. The Balaban J connectivity index is 1.61. The van der Waals surface area contributed by atoms with Crippen molar-refractivity contribution in [3.63, 3.8) is 0 Å². The van der Waals surface area contributed by atoms with Gasteiger partial charge in [0.1, 0.15) is 5.75 Å². The first kappa shape index (κ1) is 15.6. The molecule has 4 heteroatoms. The molecule has 2 aromatic rings. The number of nitrogens with zero attached hydrogens (tertiary/aromatic N) is 2. The summed E-state index contributed by atoms with van der Waals surface area (Å²) < 4.78 is 7.82. The van der Waals surface area contributed by atoms with E-state index in [1.165, 1.54) is 6.42 Å². The van der Waals surface area contributed by atoms with E-state index < -0.39 is 0 Å². The lowest BCUT2D eigenvalue weighted by molar-refractivity contribution is 0.302. The van der Waals surface area contributed by atoms with Crippen LogP contribution in [0.5, 0.6) is 5.75 Å². The Labute approximate surface area is 127 Å². The summed E-state index contributed by atoms with van der Waals surface area (Å²) in [4.78, 5) is 4.43. The number of hydrogen-bond acceptors (Lipinski definition) is 3. The smallest absolute Gasteiger partial charge is 0.119 e. The number of ether oxygens (including phenoxy) is 1. The predicted molar refractivity (Wildman–Crippen MR) is 85.6 cm³/mol. The molecule has 21 heavy (non-hydrogen) atoms. The summed E-state index contributed by atoms with van der Waals surface area (Å²) in [6, 6.07) is 9.95. The zero-order valence-corrected chi connectivity index (χ0v) is 12.8. The Morgan fingerprint density at radius 3 is 2.86 bits per heavy atom. The minimum absolute atomic E-state index is 0.732. The lowest BCUT2D eigenvalue weighted by Gasteiger charge is -2.06. The average Bonchev–Trinajstić information content (AvgIpc) is 2.97. The molecule has 1 heterocycles. The Morgan fingerprint density at radius 1 is 1.19 bits per heavy atom. The molecule has 114 valence electrons. The molecule has 1 aromatic heterocycles. The Hall–Kier alpha value is -1.81. The van der Waals surface area contributed by atoms with Crippen LogP contribution in [0.1, 0.15) is 25.5 Å². The van der Waals surface area contributed by atoms with E-state index in [9.17, 15) is 0 Å². The number of nitrogens with one attached hydrogen (secondary N) is 1. The number of para-hydroxylation sites is 1. The van der Waals surface area contributed by atoms with E-state index in [0.29, 0.717) is 0 Å². The zero-order chi connectivity index (χ0) is 14.8. The molecule has 2 rings (SSSR count). The lowest BCUT2D eigenvalue weighted by Crippen LogP contribution is -2.17. The molecule has 0 aliphatic rings. The Bertz CT molecular complexity index is 496. The average molecular weight is 287 g/mol. The highest BCUT2D eigenvalue weighted by Crippen LogP contribution is 2.08. The molecule has 0 atom stereocenters. The summed E-state index contributed by atoms with van der Waals surface area (Å²) in [5.74, 6) is 0.936. The van der Waals surface area contributed by atoms with Gasteiger partial charge in [0.15, 0.2) is 0 Å². The summed E-state index contributed by atoms with van der Waals surface area (Å²) >= 11 is 0. The van der Waals surface area contributed by atoms with Gasteiger partial charge in [0, 0.05) is 25.7 Å². The number of aryl methyl sites for hydroxylation is 1. The second-order valence-electron chi connectivity index (χ2n) is 5.12. The van der Waals surface area contributed by atoms with Crippen LogP contribution >= 0.6 is 0 Å². The van der Waals surface area contributed by atoms with Crippen LogP contribution in [-0.2, 0) is 13.0 Å². The predicted octanol–water partition coefficient (Wildman–Crippen LogP) is 2.89. The molecule has 1 aromatic carbocycles. The number of aromatic nitrogens is 2. The van der Waals surface area contributed by atoms with Crippen LogP contribution in [0, 0.1) is 0 Å². The van der Waals surface area contributed by atoms with Gasteiger partial charge in [0.05, 0.1) is 18.6 Å². The van der Waals surface area contributed by atoms with Gasteiger partial charge in [0.25, 0.3) is 0 Å². The third-order valence-corrected chi connectivity index (χ3v) is 3.24. The maximum absolute atomic E-state index is 5.68. The molecule has 4 nitrogen and oxygen atoms in total. The quantitative estimate of drug-likeness (QED) is 0.683. The van der Waals surface area contributed by atoms with E-state index in [2.05, 4.69) is 28.0 Å². The van der Waals surface area contributed by atoms with E-state index in [0.717, 1.165) is 50.5 Å². The summed E-state index contributed by atoms with van der Waals surface area (Å²) in [5.41, 5.74) is 1.16. The zero-order valence-electron chi connectivity index (χ0n) is 12.8. The normalized spacial score (nSPS) is 10.7. The van der Waals surface area contributed by atoms with E-state index in [1.807, 2.05) is 36.7 Å². The Kier molecular flexibility index (Phi) is 6.81.